The Labute approximate surface area is 285 Å². The Kier molecular flexibility index (Phi) is 23.7. The Morgan fingerprint density at radius 3 is 1.57 bits per heavy atom. The van der Waals surface area contributed by atoms with Gasteiger partial charge in [0.2, 0.25) is 0 Å². The molecule has 2 aromatic carbocycles. The number of unbranched alkanes of at least 4 members (excludes halogenated alkanes) is 15. The molecular formula is C39H64N4O4. The van der Waals surface area contributed by atoms with E-state index in [0.29, 0.717) is 13.2 Å². The van der Waals surface area contributed by atoms with E-state index in [2.05, 4.69) is 34.2 Å². The summed E-state index contributed by atoms with van der Waals surface area (Å²) in [6.45, 7) is 10.3. The van der Waals surface area contributed by atoms with E-state index >= 15 is 0 Å². The van der Waals surface area contributed by atoms with Crippen LogP contribution in [0.4, 0.5) is 17.1 Å². The summed E-state index contributed by atoms with van der Waals surface area (Å²) in [6.07, 6.45) is 22.7. The Morgan fingerprint density at radius 2 is 1.13 bits per heavy atom. The summed E-state index contributed by atoms with van der Waals surface area (Å²) in [7, 11) is 0.889. The number of azo groups is 1. The van der Waals surface area contributed by atoms with E-state index in [0.717, 1.165) is 43.5 Å². The van der Waals surface area contributed by atoms with E-state index in [4.69, 9.17) is 14.9 Å². The van der Waals surface area contributed by atoms with Crippen molar-refractivity contribution in [3.8, 4) is 0 Å². The van der Waals surface area contributed by atoms with Gasteiger partial charge >= 0.3 is 5.97 Å². The zero-order valence-corrected chi connectivity index (χ0v) is 30.3. The monoisotopic (exact) mass is 652 g/mol. The molecule has 0 fully saturated rings. The van der Waals surface area contributed by atoms with E-state index < -0.39 is 10.3 Å². The molecule has 0 bridgehead atoms. The van der Waals surface area contributed by atoms with Crippen LogP contribution >= 0.6 is 0 Å². The maximum atomic E-state index is 12.5. The molecule has 0 aliphatic heterocycles. The van der Waals surface area contributed by atoms with E-state index in [-0.39, 0.29) is 5.97 Å². The number of nitrogens with zero attached hydrogens (tertiary/aromatic N) is 4. The highest BCUT2D eigenvalue weighted by Gasteiger charge is 2.27. The van der Waals surface area contributed by atoms with Gasteiger partial charge < -0.3 is 9.64 Å². The molecule has 8 heteroatoms. The molecule has 0 aliphatic rings. The molecule has 2 rings (SSSR count). The number of benzene rings is 2. The van der Waals surface area contributed by atoms with Crippen LogP contribution in [0, 0.1) is 15.5 Å². The van der Waals surface area contributed by atoms with E-state index in [9.17, 15) is 4.79 Å². The standard InChI is InChI=1S/C38H61N3O2.CH3NO2/c1-5-7-8-9-10-11-12-13-14-15-16-17-18-19-20-24-31-41(32-33-43-37(42)38(3,4)6-2)36-29-27-35(28-30-36)40-39-34-25-22-21-23-26-34;1-2(3)4/h21-23,25-30H,5-20,24,31-33H2,1-4H3;1H3. The largest absolute Gasteiger partial charge is 0.463 e. The number of hydrogen-bond acceptors (Lipinski definition) is 7. The van der Waals surface area contributed by atoms with Crippen molar-refractivity contribution < 1.29 is 14.5 Å². The zero-order chi connectivity index (χ0) is 34.6. The van der Waals surface area contributed by atoms with Crippen LogP contribution in [0.1, 0.15) is 137 Å². The number of nitro groups is 1. The second-order valence-electron chi connectivity index (χ2n) is 13.2. The van der Waals surface area contributed by atoms with Crippen molar-refractivity contribution >= 4 is 23.0 Å². The van der Waals surface area contributed by atoms with Crippen LogP contribution in [0.25, 0.3) is 0 Å². The number of ether oxygens (including phenoxy) is 1. The number of carbonyl (C=O) groups excluding carboxylic acids is 1. The van der Waals surface area contributed by atoms with Crippen LogP contribution in [0.2, 0.25) is 0 Å². The van der Waals surface area contributed by atoms with Gasteiger partial charge in [-0.2, -0.15) is 10.2 Å². The highest BCUT2D eigenvalue weighted by molar-refractivity contribution is 5.75. The van der Waals surface area contributed by atoms with Crippen molar-refractivity contribution in [2.24, 2.45) is 15.6 Å². The first-order valence-electron chi connectivity index (χ1n) is 18.3. The van der Waals surface area contributed by atoms with Crippen molar-refractivity contribution in [2.45, 2.75) is 137 Å². The van der Waals surface area contributed by atoms with Gasteiger partial charge in [0.05, 0.1) is 23.3 Å². The SMILES string of the molecule is CCCCCCCCCCCCCCCCCCN(CCOC(=O)C(C)(C)CC)c1ccc(N=Nc2ccccc2)cc1.C[N+](=O)[O-]. The van der Waals surface area contributed by atoms with Crippen molar-refractivity contribution in [1.29, 1.82) is 0 Å². The predicted molar refractivity (Wildman–Crippen MR) is 197 cm³/mol. The average molecular weight is 653 g/mol. The van der Waals surface area contributed by atoms with Crippen LogP contribution in [0.3, 0.4) is 0 Å². The van der Waals surface area contributed by atoms with Gasteiger partial charge in [-0.1, -0.05) is 128 Å². The molecule has 2 aromatic rings. The van der Waals surface area contributed by atoms with Crippen molar-refractivity contribution in [3.63, 3.8) is 0 Å². The highest BCUT2D eigenvalue weighted by atomic mass is 16.6. The lowest BCUT2D eigenvalue weighted by atomic mass is 9.91. The number of rotatable bonds is 25. The van der Waals surface area contributed by atoms with Crippen LogP contribution in [0.15, 0.2) is 64.8 Å². The van der Waals surface area contributed by atoms with Gasteiger partial charge in [-0.05, 0) is 63.1 Å². The summed E-state index contributed by atoms with van der Waals surface area (Å²) >= 11 is 0. The molecule has 0 N–H and O–H groups in total. The number of hydrogen-bond donors (Lipinski definition) is 0. The summed E-state index contributed by atoms with van der Waals surface area (Å²) in [5.74, 6) is -0.117. The van der Waals surface area contributed by atoms with Gasteiger partial charge in [0, 0.05) is 17.2 Å². The Balaban J connectivity index is 0.00000260. The Bertz CT molecular complexity index is 1090. The maximum Gasteiger partial charge on any atom is 0.311 e. The molecule has 0 radical (unpaired) electrons. The number of carbonyl (C=O) groups is 1. The summed E-state index contributed by atoms with van der Waals surface area (Å²) in [5, 5.41) is 17.5. The predicted octanol–water partition coefficient (Wildman–Crippen LogP) is 12.0. The van der Waals surface area contributed by atoms with Gasteiger partial charge in [-0.25, -0.2) is 0 Å². The molecule has 0 aromatic heterocycles. The third kappa shape index (κ3) is 22.0. The summed E-state index contributed by atoms with van der Waals surface area (Å²) in [6, 6.07) is 18.0. The second kappa shape index (κ2) is 26.7. The minimum Gasteiger partial charge on any atom is -0.463 e. The lowest BCUT2D eigenvalue weighted by Crippen LogP contribution is -2.32. The smallest absolute Gasteiger partial charge is 0.311 e. The molecule has 0 spiro atoms. The van der Waals surface area contributed by atoms with Gasteiger partial charge in [-0.3, -0.25) is 14.9 Å². The van der Waals surface area contributed by atoms with Crippen LogP contribution in [0.5, 0.6) is 0 Å². The second-order valence-corrected chi connectivity index (χ2v) is 13.2. The Hall–Kier alpha value is -3.29. The molecule has 264 valence electrons. The molecule has 0 atom stereocenters. The van der Waals surface area contributed by atoms with Crippen molar-refractivity contribution in [1.82, 2.24) is 0 Å². The molecule has 0 amide bonds. The highest BCUT2D eigenvalue weighted by Crippen LogP contribution is 2.24. The fraction of sp³-hybridized carbons (Fsp3) is 0.667. The van der Waals surface area contributed by atoms with E-state index in [1.165, 1.54) is 96.3 Å². The molecule has 0 aliphatic carbocycles. The number of esters is 1. The van der Waals surface area contributed by atoms with Crippen molar-refractivity contribution in [2.75, 3.05) is 31.6 Å². The molecule has 47 heavy (non-hydrogen) atoms. The van der Waals surface area contributed by atoms with Gasteiger partial charge in [0.25, 0.3) is 0 Å². The van der Waals surface area contributed by atoms with Crippen molar-refractivity contribution in [3.05, 3.63) is 64.7 Å². The summed E-state index contributed by atoms with van der Waals surface area (Å²) in [4.78, 5) is 23.1. The molecule has 0 heterocycles. The van der Waals surface area contributed by atoms with Crippen LogP contribution in [-0.2, 0) is 9.53 Å². The lowest BCUT2D eigenvalue weighted by molar-refractivity contribution is -0.445. The van der Waals surface area contributed by atoms with Crippen LogP contribution in [-0.4, -0.2) is 37.6 Å². The average Bonchev–Trinajstić information content (AvgIpc) is 3.06. The van der Waals surface area contributed by atoms with Gasteiger partial charge in [0.1, 0.15) is 6.61 Å². The molecular weight excluding hydrogens is 588 g/mol. The summed E-state index contributed by atoms with van der Waals surface area (Å²) < 4.78 is 5.68. The third-order valence-electron chi connectivity index (χ3n) is 8.56. The van der Waals surface area contributed by atoms with Gasteiger partial charge in [-0.15, -0.1) is 0 Å². The fourth-order valence-corrected chi connectivity index (χ4v) is 5.15. The zero-order valence-electron chi connectivity index (χ0n) is 30.3. The Morgan fingerprint density at radius 1 is 0.702 bits per heavy atom. The maximum absolute atomic E-state index is 12.5. The molecule has 0 saturated heterocycles. The quantitative estimate of drug-likeness (QED) is 0.0349. The molecule has 0 saturated carbocycles. The molecule has 8 nitrogen and oxygen atoms in total. The first-order valence-corrected chi connectivity index (χ1v) is 18.3. The lowest BCUT2D eigenvalue weighted by Gasteiger charge is -2.26. The minimum atomic E-state index is -0.500. The van der Waals surface area contributed by atoms with E-state index in [1.807, 2.05) is 63.2 Å². The molecule has 0 unspecified atom stereocenters. The van der Waals surface area contributed by atoms with E-state index in [1.54, 1.807) is 0 Å². The normalized spacial score (nSPS) is 11.3. The first-order chi connectivity index (χ1) is 22.7. The minimum absolute atomic E-state index is 0.117. The first kappa shape index (κ1) is 41.7. The van der Waals surface area contributed by atoms with Gasteiger partial charge in [0.15, 0.2) is 7.05 Å². The number of anilines is 1. The fourth-order valence-electron chi connectivity index (χ4n) is 5.15. The van der Waals surface area contributed by atoms with Crippen LogP contribution < -0.4 is 4.90 Å². The third-order valence-corrected chi connectivity index (χ3v) is 8.56. The summed E-state index contributed by atoms with van der Waals surface area (Å²) in [5.41, 5.74) is 2.36. The topological polar surface area (TPSA) is 97.4 Å².